The summed E-state index contributed by atoms with van der Waals surface area (Å²) in [5.41, 5.74) is 3.79. The number of ether oxygens (including phenoxy) is 1. The Bertz CT molecular complexity index is 1020. The largest absolute Gasteiger partial charge is 0.496 e. The summed E-state index contributed by atoms with van der Waals surface area (Å²) < 4.78 is 9.45. The number of methoxy groups -OCH3 is 1. The zero-order valence-electron chi connectivity index (χ0n) is 18.6. The van der Waals surface area contributed by atoms with Gasteiger partial charge in [-0.2, -0.15) is 5.10 Å². The van der Waals surface area contributed by atoms with Crippen LogP contribution in [0, 0.1) is 19.8 Å². The molecule has 30 heavy (non-hydrogen) atoms. The van der Waals surface area contributed by atoms with Crippen LogP contribution in [0.4, 0.5) is 0 Å². The van der Waals surface area contributed by atoms with Gasteiger partial charge in [-0.1, -0.05) is 32.0 Å². The lowest BCUT2D eigenvalue weighted by Crippen LogP contribution is -2.32. The Kier molecular flexibility index (Phi) is 6.59. The number of rotatable bonds is 8. The highest BCUT2D eigenvalue weighted by Gasteiger charge is 2.25. The number of aryl methyl sites for hydroxylation is 2. The van der Waals surface area contributed by atoms with E-state index in [1.54, 1.807) is 13.3 Å². The number of nitrogens with one attached hydrogen (secondary N) is 1. The minimum Gasteiger partial charge on any atom is -0.496 e. The van der Waals surface area contributed by atoms with E-state index in [4.69, 9.17) is 4.74 Å². The average molecular weight is 410 g/mol. The van der Waals surface area contributed by atoms with E-state index in [0.717, 1.165) is 34.9 Å². The van der Waals surface area contributed by atoms with E-state index < -0.39 is 6.04 Å². The van der Waals surface area contributed by atoms with E-state index in [1.807, 2.05) is 60.6 Å². The Morgan fingerprint density at radius 2 is 1.97 bits per heavy atom. The van der Waals surface area contributed by atoms with Gasteiger partial charge in [0, 0.05) is 42.8 Å². The molecule has 0 spiro atoms. The van der Waals surface area contributed by atoms with Gasteiger partial charge in [-0.05, 0) is 25.8 Å². The number of nitrogens with zero attached hydrogens (tertiary/aromatic N) is 4. The van der Waals surface area contributed by atoms with Crippen molar-refractivity contribution in [2.24, 2.45) is 13.0 Å². The monoisotopic (exact) mass is 409 g/mol. The molecule has 0 saturated heterocycles. The molecule has 0 aliphatic rings. The van der Waals surface area contributed by atoms with Gasteiger partial charge in [0.05, 0.1) is 19.2 Å². The van der Waals surface area contributed by atoms with Crippen LogP contribution >= 0.6 is 0 Å². The van der Waals surface area contributed by atoms with Crippen molar-refractivity contribution in [3.05, 3.63) is 65.0 Å². The highest BCUT2D eigenvalue weighted by molar-refractivity contribution is 5.80. The third-order valence-corrected chi connectivity index (χ3v) is 5.28. The topological polar surface area (TPSA) is 74.0 Å². The summed E-state index contributed by atoms with van der Waals surface area (Å²) in [4.78, 5) is 17.6. The smallest absolute Gasteiger partial charge is 0.225 e. The predicted molar refractivity (Wildman–Crippen MR) is 116 cm³/mol. The number of benzene rings is 1. The summed E-state index contributed by atoms with van der Waals surface area (Å²) in [5, 5.41) is 7.80. The standard InChI is InChI=1S/C23H31N5O2/c1-15(2)14-28-17(4)19(16(3)26-28)13-21(29)25-22(23-24-11-12-27(23)5)18-9-7-8-10-20(18)30-6/h7-12,15,22H,13-14H2,1-6H3,(H,25,29). The number of carbonyl (C=O) groups excluding carboxylic acids is 1. The van der Waals surface area contributed by atoms with Gasteiger partial charge in [0.15, 0.2) is 0 Å². The molecule has 0 aliphatic heterocycles. The molecular weight excluding hydrogens is 378 g/mol. The molecule has 160 valence electrons. The maximum absolute atomic E-state index is 13.1. The molecule has 1 aromatic carbocycles. The van der Waals surface area contributed by atoms with Crippen molar-refractivity contribution in [2.75, 3.05) is 7.11 Å². The van der Waals surface area contributed by atoms with E-state index in [9.17, 15) is 4.79 Å². The molecule has 3 rings (SSSR count). The maximum Gasteiger partial charge on any atom is 0.225 e. The van der Waals surface area contributed by atoms with Gasteiger partial charge in [-0.25, -0.2) is 4.98 Å². The van der Waals surface area contributed by atoms with Crippen LogP contribution in [-0.4, -0.2) is 32.3 Å². The van der Waals surface area contributed by atoms with E-state index in [0.29, 0.717) is 11.7 Å². The van der Waals surface area contributed by atoms with E-state index in [-0.39, 0.29) is 12.3 Å². The lowest BCUT2D eigenvalue weighted by Gasteiger charge is -2.21. The van der Waals surface area contributed by atoms with Crippen molar-refractivity contribution in [3.63, 3.8) is 0 Å². The number of imidazole rings is 1. The van der Waals surface area contributed by atoms with Crippen molar-refractivity contribution >= 4 is 5.91 Å². The Labute approximate surface area is 178 Å². The SMILES string of the molecule is COc1ccccc1C(NC(=O)Cc1c(C)nn(CC(C)C)c1C)c1nccn1C. The zero-order valence-corrected chi connectivity index (χ0v) is 18.6. The highest BCUT2D eigenvalue weighted by Crippen LogP contribution is 2.29. The fraction of sp³-hybridized carbons (Fsp3) is 0.435. The van der Waals surface area contributed by atoms with Gasteiger partial charge in [-0.3, -0.25) is 9.48 Å². The molecule has 0 saturated carbocycles. The van der Waals surface area contributed by atoms with Crippen LogP contribution in [0.3, 0.4) is 0 Å². The van der Waals surface area contributed by atoms with Gasteiger partial charge in [0.2, 0.25) is 5.91 Å². The van der Waals surface area contributed by atoms with Gasteiger partial charge in [-0.15, -0.1) is 0 Å². The Hall–Kier alpha value is -3.09. The fourth-order valence-corrected chi connectivity index (χ4v) is 3.73. The molecule has 3 aromatic rings. The molecule has 0 radical (unpaired) electrons. The van der Waals surface area contributed by atoms with Gasteiger partial charge >= 0.3 is 0 Å². The normalized spacial score (nSPS) is 12.2. The van der Waals surface area contributed by atoms with Crippen LogP contribution < -0.4 is 10.1 Å². The van der Waals surface area contributed by atoms with Gasteiger partial charge in [0.1, 0.15) is 17.6 Å². The average Bonchev–Trinajstić information content (AvgIpc) is 3.24. The minimum atomic E-state index is -0.417. The molecule has 2 aromatic heterocycles. The molecule has 0 bridgehead atoms. The first-order chi connectivity index (χ1) is 14.3. The highest BCUT2D eigenvalue weighted by atomic mass is 16.5. The molecular formula is C23H31N5O2. The van der Waals surface area contributed by atoms with E-state index in [2.05, 4.69) is 29.2 Å². The molecule has 0 aliphatic carbocycles. The first-order valence-corrected chi connectivity index (χ1v) is 10.2. The number of hydrogen-bond donors (Lipinski definition) is 1. The number of carbonyl (C=O) groups is 1. The summed E-state index contributed by atoms with van der Waals surface area (Å²) in [7, 11) is 3.55. The zero-order chi connectivity index (χ0) is 21.8. The maximum atomic E-state index is 13.1. The molecule has 1 unspecified atom stereocenters. The quantitative estimate of drug-likeness (QED) is 0.619. The van der Waals surface area contributed by atoms with Crippen molar-refractivity contribution in [3.8, 4) is 5.75 Å². The van der Waals surface area contributed by atoms with Crippen LogP contribution in [0.2, 0.25) is 0 Å². The molecule has 1 amide bonds. The van der Waals surface area contributed by atoms with Crippen molar-refractivity contribution in [1.29, 1.82) is 0 Å². The Morgan fingerprint density at radius 1 is 1.23 bits per heavy atom. The second-order valence-corrected chi connectivity index (χ2v) is 8.04. The van der Waals surface area contributed by atoms with Gasteiger partial charge in [0.25, 0.3) is 0 Å². The second kappa shape index (κ2) is 9.15. The van der Waals surface area contributed by atoms with E-state index >= 15 is 0 Å². The lowest BCUT2D eigenvalue weighted by atomic mass is 10.0. The third kappa shape index (κ3) is 4.56. The summed E-state index contributed by atoms with van der Waals surface area (Å²) in [6, 6.07) is 7.27. The summed E-state index contributed by atoms with van der Waals surface area (Å²) in [6.45, 7) is 9.15. The molecule has 1 atom stereocenters. The second-order valence-electron chi connectivity index (χ2n) is 8.04. The van der Waals surface area contributed by atoms with Crippen LogP contribution in [0.5, 0.6) is 5.75 Å². The number of para-hydroxylation sites is 1. The molecule has 7 heteroatoms. The van der Waals surface area contributed by atoms with Crippen molar-refractivity contribution in [2.45, 2.75) is 46.7 Å². The van der Waals surface area contributed by atoms with Crippen LogP contribution in [0.1, 0.15) is 48.2 Å². The first-order valence-electron chi connectivity index (χ1n) is 10.2. The lowest BCUT2D eigenvalue weighted by molar-refractivity contribution is -0.121. The summed E-state index contributed by atoms with van der Waals surface area (Å²) in [5.74, 6) is 1.87. The predicted octanol–water partition coefficient (Wildman–Crippen LogP) is 3.35. The van der Waals surface area contributed by atoms with Gasteiger partial charge < -0.3 is 14.6 Å². The van der Waals surface area contributed by atoms with Crippen LogP contribution in [0.15, 0.2) is 36.7 Å². The molecule has 0 fully saturated rings. The third-order valence-electron chi connectivity index (χ3n) is 5.28. The first kappa shape index (κ1) is 21.6. The van der Waals surface area contributed by atoms with Crippen molar-refractivity contribution < 1.29 is 9.53 Å². The minimum absolute atomic E-state index is 0.0794. The van der Waals surface area contributed by atoms with Crippen molar-refractivity contribution in [1.82, 2.24) is 24.6 Å². The fourth-order valence-electron chi connectivity index (χ4n) is 3.73. The number of aromatic nitrogens is 4. The Balaban J connectivity index is 1.88. The van der Waals surface area contributed by atoms with Crippen LogP contribution in [0.25, 0.3) is 0 Å². The molecule has 1 N–H and O–H groups in total. The molecule has 7 nitrogen and oxygen atoms in total. The number of amides is 1. The van der Waals surface area contributed by atoms with E-state index in [1.165, 1.54) is 0 Å². The summed E-state index contributed by atoms with van der Waals surface area (Å²) in [6.07, 6.45) is 3.87. The van der Waals surface area contributed by atoms with Crippen LogP contribution in [-0.2, 0) is 24.8 Å². The summed E-state index contributed by atoms with van der Waals surface area (Å²) >= 11 is 0. The number of hydrogen-bond acceptors (Lipinski definition) is 4. The Morgan fingerprint density at radius 3 is 2.60 bits per heavy atom. The molecule has 2 heterocycles.